The molecule has 1 N–H and O–H groups in total. The largest absolute Gasteiger partial charge is 0.315 e. The Labute approximate surface area is 102 Å². The molecule has 0 saturated heterocycles. The average Bonchev–Trinajstić information content (AvgIpc) is 2.58. The maximum atomic E-state index is 11.8. The zero-order chi connectivity index (χ0) is 13.3. The topological polar surface area (TPSA) is 76.9 Å². The number of hydrogen-bond acceptors (Lipinski definition) is 5. The predicted molar refractivity (Wildman–Crippen MR) is 66.5 cm³/mol. The summed E-state index contributed by atoms with van der Waals surface area (Å²) in [6.07, 6.45) is 3.25. The second-order valence-electron chi connectivity index (χ2n) is 4.72. The van der Waals surface area contributed by atoms with Crippen molar-refractivity contribution in [2.45, 2.75) is 31.1 Å². The SMILES string of the molecule is CNC(Cc1ncnn1C)C(C)(C)S(C)(=O)=O. The van der Waals surface area contributed by atoms with E-state index < -0.39 is 14.6 Å². The van der Waals surface area contributed by atoms with Crippen LogP contribution in [0.4, 0.5) is 0 Å². The Balaban J connectivity index is 2.98. The molecule has 98 valence electrons. The number of aromatic nitrogens is 3. The Hall–Kier alpha value is -0.950. The Kier molecular flexibility index (Phi) is 3.93. The van der Waals surface area contributed by atoms with Gasteiger partial charge in [0.05, 0.1) is 4.75 Å². The summed E-state index contributed by atoms with van der Waals surface area (Å²) in [5, 5.41) is 7.03. The highest BCUT2D eigenvalue weighted by molar-refractivity contribution is 7.92. The summed E-state index contributed by atoms with van der Waals surface area (Å²) in [6, 6.07) is -0.208. The molecular weight excluding hydrogens is 240 g/mol. The van der Waals surface area contributed by atoms with Crippen molar-refractivity contribution >= 4 is 9.84 Å². The highest BCUT2D eigenvalue weighted by Gasteiger charge is 2.38. The quantitative estimate of drug-likeness (QED) is 0.791. The van der Waals surface area contributed by atoms with Gasteiger partial charge in [-0.15, -0.1) is 0 Å². The van der Waals surface area contributed by atoms with Crippen LogP contribution < -0.4 is 5.32 Å². The summed E-state index contributed by atoms with van der Waals surface area (Å²) in [4.78, 5) is 4.12. The highest BCUT2D eigenvalue weighted by Crippen LogP contribution is 2.22. The van der Waals surface area contributed by atoms with Gasteiger partial charge >= 0.3 is 0 Å². The number of nitrogens with zero attached hydrogens (tertiary/aromatic N) is 3. The van der Waals surface area contributed by atoms with Gasteiger partial charge < -0.3 is 5.32 Å². The van der Waals surface area contributed by atoms with Gasteiger partial charge in [0.2, 0.25) is 0 Å². The third kappa shape index (κ3) is 2.84. The van der Waals surface area contributed by atoms with Crippen LogP contribution in [0.3, 0.4) is 0 Å². The van der Waals surface area contributed by atoms with Gasteiger partial charge in [-0.1, -0.05) is 0 Å². The van der Waals surface area contributed by atoms with E-state index in [-0.39, 0.29) is 6.04 Å². The molecule has 0 aromatic carbocycles. The van der Waals surface area contributed by atoms with E-state index in [1.807, 2.05) is 0 Å². The Morgan fingerprint density at radius 2 is 2.12 bits per heavy atom. The van der Waals surface area contributed by atoms with Gasteiger partial charge in [0, 0.05) is 25.8 Å². The lowest BCUT2D eigenvalue weighted by molar-refractivity contribution is 0.419. The van der Waals surface area contributed by atoms with E-state index in [9.17, 15) is 8.42 Å². The van der Waals surface area contributed by atoms with Gasteiger partial charge in [-0.2, -0.15) is 5.10 Å². The molecule has 1 unspecified atom stereocenters. The van der Waals surface area contributed by atoms with Crippen molar-refractivity contribution in [1.29, 1.82) is 0 Å². The maximum Gasteiger partial charge on any atom is 0.154 e. The molecule has 0 fully saturated rings. The van der Waals surface area contributed by atoms with E-state index in [4.69, 9.17) is 0 Å². The number of hydrogen-bond donors (Lipinski definition) is 1. The molecule has 17 heavy (non-hydrogen) atoms. The smallest absolute Gasteiger partial charge is 0.154 e. The van der Waals surface area contributed by atoms with Crippen LogP contribution in [0.1, 0.15) is 19.7 Å². The van der Waals surface area contributed by atoms with Gasteiger partial charge in [0.1, 0.15) is 12.2 Å². The number of sulfone groups is 1. The molecular formula is C10H20N4O2S. The highest BCUT2D eigenvalue weighted by atomic mass is 32.2. The molecule has 1 atom stereocenters. The second kappa shape index (κ2) is 4.73. The minimum absolute atomic E-state index is 0.208. The predicted octanol–water partition coefficient (Wildman–Crippen LogP) is -0.231. The van der Waals surface area contributed by atoms with E-state index in [1.54, 1.807) is 32.6 Å². The molecule has 1 rings (SSSR count). The molecule has 1 heterocycles. The molecule has 1 aromatic heterocycles. The standard InChI is InChI=1S/C10H20N4O2S/c1-10(2,17(5,15)16)8(11-3)6-9-12-7-13-14(9)4/h7-8,11H,6H2,1-5H3. The minimum Gasteiger partial charge on any atom is -0.315 e. The van der Waals surface area contributed by atoms with Crippen LogP contribution in [0.25, 0.3) is 0 Å². The van der Waals surface area contributed by atoms with Crippen LogP contribution in [-0.2, 0) is 23.3 Å². The first-order valence-corrected chi connectivity index (χ1v) is 7.29. The van der Waals surface area contributed by atoms with Crippen LogP contribution in [0.2, 0.25) is 0 Å². The summed E-state index contributed by atoms with van der Waals surface area (Å²) in [7, 11) is 0.402. The molecule has 0 radical (unpaired) electrons. The van der Waals surface area contributed by atoms with Gasteiger partial charge in [0.25, 0.3) is 0 Å². The third-order valence-electron chi connectivity index (χ3n) is 3.34. The summed E-state index contributed by atoms with van der Waals surface area (Å²) in [5.41, 5.74) is 0. The number of rotatable bonds is 5. The van der Waals surface area contributed by atoms with E-state index in [2.05, 4.69) is 15.4 Å². The van der Waals surface area contributed by atoms with Crippen molar-refractivity contribution in [3.05, 3.63) is 12.2 Å². The van der Waals surface area contributed by atoms with Gasteiger partial charge in [-0.3, -0.25) is 4.68 Å². The average molecular weight is 260 g/mol. The van der Waals surface area contributed by atoms with Gasteiger partial charge in [0.15, 0.2) is 9.84 Å². The van der Waals surface area contributed by atoms with Crippen LogP contribution in [0.15, 0.2) is 6.33 Å². The van der Waals surface area contributed by atoms with Crippen molar-refractivity contribution in [3.8, 4) is 0 Å². The van der Waals surface area contributed by atoms with Crippen molar-refractivity contribution in [3.63, 3.8) is 0 Å². The normalized spacial score (nSPS) is 14.9. The summed E-state index contributed by atoms with van der Waals surface area (Å²) >= 11 is 0. The molecule has 0 saturated carbocycles. The maximum absolute atomic E-state index is 11.8. The second-order valence-corrected chi connectivity index (χ2v) is 7.32. The van der Waals surface area contributed by atoms with Gasteiger partial charge in [-0.25, -0.2) is 13.4 Å². The summed E-state index contributed by atoms with van der Waals surface area (Å²) in [6.45, 7) is 3.44. The molecule has 7 heteroatoms. The van der Waals surface area contributed by atoms with E-state index >= 15 is 0 Å². The lowest BCUT2D eigenvalue weighted by Gasteiger charge is -2.32. The zero-order valence-corrected chi connectivity index (χ0v) is 11.7. The molecule has 0 spiro atoms. The summed E-state index contributed by atoms with van der Waals surface area (Å²) in [5.74, 6) is 0.765. The number of likely N-dealkylation sites (N-methyl/N-ethyl adjacent to an activating group) is 1. The first-order chi connectivity index (χ1) is 7.70. The van der Waals surface area contributed by atoms with Crippen molar-refractivity contribution in [1.82, 2.24) is 20.1 Å². The van der Waals surface area contributed by atoms with E-state index in [0.717, 1.165) is 5.82 Å². The molecule has 6 nitrogen and oxygen atoms in total. The van der Waals surface area contributed by atoms with Crippen molar-refractivity contribution in [2.75, 3.05) is 13.3 Å². The van der Waals surface area contributed by atoms with Crippen LogP contribution in [0, 0.1) is 0 Å². The molecule has 1 aromatic rings. The molecule has 0 bridgehead atoms. The van der Waals surface area contributed by atoms with Crippen LogP contribution in [-0.4, -0.2) is 47.3 Å². The lowest BCUT2D eigenvalue weighted by Crippen LogP contribution is -2.51. The lowest BCUT2D eigenvalue weighted by atomic mass is 10.00. The molecule has 0 aliphatic rings. The van der Waals surface area contributed by atoms with Crippen LogP contribution in [0.5, 0.6) is 0 Å². The first-order valence-electron chi connectivity index (χ1n) is 5.40. The molecule has 0 aliphatic carbocycles. The van der Waals surface area contributed by atoms with Crippen molar-refractivity contribution < 1.29 is 8.42 Å². The van der Waals surface area contributed by atoms with E-state index in [0.29, 0.717) is 6.42 Å². The zero-order valence-electron chi connectivity index (χ0n) is 10.9. The third-order valence-corrected chi connectivity index (χ3v) is 5.53. The fraction of sp³-hybridized carbons (Fsp3) is 0.800. The fourth-order valence-electron chi connectivity index (χ4n) is 1.64. The molecule has 0 amide bonds. The Morgan fingerprint density at radius 1 is 1.53 bits per heavy atom. The first kappa shape index (κ1) is 14.1. The van der Waals surface area contributed by atoms with Gasteiger partial charge in [-0.05, 0) is 20.9 Å². The summed E-state index contributed by atoms with van der Waals surface area (Å²) < 4.78 is 24.4. The van der Waals surface area contributed by atoms with Crippen molar-refractivity contribution in [2.24, 2.45) is 7.05 Å². The number of aryl methyl sites for hydroxylation is 1. The van der Waals surface area contributed by atoms with E-state index in [1.165, 1.54) is 12.6 Å². The Bertz CT molecular complexity index is 478. The number of nitrogens with one attached hydrogen (secondary N) is 1. The molecule has 0 aliphatic heterocycles. The monoisotopic (exact) mass is 260 g/mol. The minimum atomic E-state index is -3.15. The van der Waals surface area contributed by atoms with Crippen LogP contribution >= 0.6 is 0 Å². The Morgan fingerprint density at radius 3 is 2.47 bits per heavy atom. The fourth-order valence-corrected chi connectivity index (χ4v) is 2.36.